The van der Waals surface area contributed by atoms with E-state index in [-0.39, 0.29) is 12.0 Å². The largest absolute Gasteiger partial charge is 0.480 e. The van der Waals surface area contributed by atoms with Crippen LogP contribution in [0.15, 0.2) is 24.3 Å². The second-order valence-electron chi connectivity index (χ2n) is 6.67. The molecular weight excluding hydrogens is 278 g/mol. The van der Waals surface area contributed by atoms with E-state index in [1.54, 1.807) is 0 Å². The predicted octanol–water partition coefficient (Wildman–Crippen LogP) is 2.65. The van der Waals surface area contributed by atoms with Crippen molar-refractivity contribution >= 4 is 5.91 Å². The van der Waals surface area contributed by atoms with Gasteiger partial charge in [-0.15, -0.1) is 0 Å². The van der Waals surface area contributed by atoms with Crippen LogP contribution in [-0.4, -0.2) is 42.7 Å². The third kappa shape index (κ3) is 3.43. The number of para-hydroxylation sites is 1. The summed E-state index contributed by atoms with van der Waals surface area (Å²) in [4.78, 5) is 14.5. The van der Waals surface area contributed by atoms with Crippen LogP contribution < -0.4 is 4.74 Å². The van der Waals surface area contributed by atoms with Crippen LogP contribution in [0.2, 0.25) is 0 Å². The number of carbonyl (C=O) groups excluding carboxylic acids is 1. The second kappa shape index (κ2) is 6.69. The molecule has 1 amide bonds. The first-order chi connectivity index (χ1) is 10.6. The summed E-state index contributed by atoms with van der Waals surface area (Å²) in [5, 5.41) is 0. The summed E-state index contributed by atoms with van der Waals surface area (Å²) >= 11 is 0. The van der Waals surface area contributed by atoms with Crippen LogP contribution in [0.3, 0.4) is 0 Å². The van der Waals surface area contributed by atoms with Crippen molar-refractivity contribution in [3.63, 3.8) is 0 Å². The van der Waals surface area contributed by atoms with E-state index in [4.69, 9.17) is 9.47 Å². The van der Waals surface area contributed by atoms with Crippen molar-refractivity contribution in [2.24, 2.45) is 5.92 Å². The molecule has 3 rings (SSSR count). The fraction of sp³-hybridized carbons (Fsp3) is 0.611. The van der Waals surface area contributed by atoms with Crippen molar-refractivity contribution in [2.45, 2.75) is 45.3 Å². The molecule has 1 fully saturated rings. The molecule has 0 saturated carbocycles. The predicted molar refractivity (Wildman–Crippen MR) is 85.0 cm³/mol. The summed E-state index contributed by atoms with van der Waals surface area (Å²) in [6, 6.07) is 7.92. The second-order valence-corrected chi connectivity index (χ2v) is 6.67. The molecule has 22 heavy (non-hydrogen) atoms. The van der Waals surface area contributed by atoms with Crippen molar-refractivity contribution in [3.05, 3.63) is 29.8 Å². The standard InChI is InChI=1S/C18H25NO3/c1-13(2)12-21-15-7-9-19(10-8-15)18(20)17-11-14-5-3-4-6-16(14)22-17/h3-6,13,15,17H,7-12H2,1-2H3/t17-/m0/s1. The van der Waals surface area contributed by atoms with E-state index in [9.17, 15) is 4.79 Å². The Morgan fingerprint density at radius 2 is 2.05 bits per heavy atom. The molecule has 4 nitrogen and oxygen atoms in total. The molecule has 0 unspecified atom stereocenters. The van der Waals surface area contributed by atoms with E-state index < -0.39 is 0 Å². The summed E-state index contributed by atoms with van der Waals surface area (Å²) in [7, 11) is 0. The van der Waals surface area contributed by atoms with Gasteiger partial charge < -0.3 is 14.4 Å². The topological polar surface area (TPSA) is 38.8 Å². The molecule has 2 heterocycles. The average molecular weight is 303 g/mol. The molecule has 120 valence electrons. The van der Waals surface area contributed by atoms with Gasteiger partial charge in [0.05, 0.1) is 6.10 Å². The van der Waals surface area contributed by atoms with Gasteiger partial charge >= 0.3 is 0 Å². The number of likely N-dealkylation sites (tertiary alicyclic amines) is 1. The first-order valence-electron chi connectivity index (χ1n) is 8.28. The van der Waals surface area contributed by atoms with Crippen LogP contribution in [0.1, 0.15) is 32.3 Å². The lowest BCUT2D eigenvalue weighted by molar-refractivity contribution is -0.140. The Labute approximate surface area is 132 Å². The lowest BCUT2D eigenvalue weighted by Gasteiger charge is -2.33. The minimum atomic E-state index is -0.342. The maximum atomic E-state index is 12.6. The highest BCUT2D eigenvalue weighted by molar-refractivity contribution is 5.82. The number of piperidine rings is 1. The van der Waals surface area contributed by atoms with Gasteiger partial charge in [0.25, 0.3) is 5.91 Å². The summed E-state index contributed by atoms with van der Waals surface area (Å²) < 4.78 is 11.7. The highest BCUT2D eigenvalue weighted by atomic mass is 16.5. The number of hydrogen-bond acceptors (Lipinski definition) is 3. The van der Waals surface area contributed by atoms with Gasteiger partial charge in [-0.25, -0.2) is 0 Å². The Balaban J connectivity index is 1.49. The van der Waals surface area contributed by atoms with Crippen molar-refractivity contribution in [3.8, 4) is 5.75 Å². The Bertz CT molecular complexity index is 496. The maximum absolute atomic E-state index is 12.6. The van der Waals surface area contributed by atoms with E-state index in [2.05, 4.69) is 13.8 Å². The quantitative estimate of drug-likeness (QED) is 0.858. The molecule has 0 radical (unpaired) electrons. The van der Waals surface area contributed by atoms with Crippen molar-refractivity contribution < 1.29 is 14.3 Å². The molecule has 0 aromatic heterocycles. The van der Waals surface area contributed by atoms with Crippen LogP contribution in [0.4, 0.5) is 0 Å². The molecule has 1 aromatic rings. The first kappa shape index (κ1) is 15.3. The number of ether oxygens (including phenoxy) is 2. The lowest BCUT2D eigenvalue weighted by atomic mass is 10.1. The van der Waals surface area contributed by atoms with Crippen LogP contribution in [0, 0.1) is 5.92 Å². The number of fused-ring (bicyclic) bond motifs is 1. The Hall–Kier alpha value is -1.55. The zero-order chi connectivity index (χ0) is 15.5. The number of hydrogen-bond donors (Lipinski definition) is 0. The monoisotopic (exact) mass is 303 g/mol. The molecule has 2 aliphatic rings. The van der Waals surface area contributed by atoms with Crippen molar-refractivity contribution in [1.82, 2.24) is 4.90 Å². The molecule has 1 aromatic carbocycles. The smallest absolute Gasteiger partial charge is 0.263 e. The molecule has 1 saturated heterocycles. The summed E-state index contributed by atoms with van der Waals surface area (Å²) in [6.07, 6.45) is 2.51. The first-order valence-corrected chi connectivity index (χ1v) is 8.28. The highest BCUT2D eigenvalue weighted by Crippen LogP contribution is 2.29. The zero-order valence-corrected chi connectivity index (χ0v) is 13.5. The van der Waals surface area contributed by atoms with Gasteiger partial charge in [0.2, 0.25) is 0 Å². The number of nitrogens with zero attached hydrogens (tertiary/aromatic N) is 1. The summed E-state index contributed by atoms with van der Waals surface area (Å²) in [5.74, 6) is 1.54. The van der Waals surface area contributed by atoms with Crippen LogP contribution in [0.25, 0.3) is 0 Å². The molecule has 0 N–H and O–H groups in total. The lowest BCUT2D eigenvalue weighted by Crippen LogP contribution is -2.46. The normalized spacial score (nSPS) is 21.8. The maximum Gasteiger partial charge on any atom is 0.263 e. The van der Waals surface area contributed by atoms with E-state index in [1.807, 2.05) is 29.2 Å². The average Bonchev–Trinajstić information content (AvgIpc) is 2.96. The molecule has 2 aliphatic heterocycles. The van der Waals surface area contributed by atoms with Gasteiger partial charge in [0.1, 0.15) is 5.75 Å². The van der Waals surface area contributed by atoms with E-state index in [0.29, 0.717) is 18.4 Å². The minimum Gasteiger partial charge on any atom is -0.480 e. The van der Waals surface area contributed by atoms with Crippen molar-refractivity contribution in [2.75, 3.05) is 19.7 Å². The fourth-order valence-electron chi connectivity index (χ4n) is 3.09. The molecule has 1 atom stereocenters. The summed E-state index contributed by atoms with van der Waals surface area (Å²) in [6.45, 7) is 6.68. The highest BCUT2D eigenvalue weighted by Gasteiger charge is 2.34. The third-order valence-electron chi connectivity index (χ3n) is 4.34. The third-order valence-corrected chi connectivity index (χ3v) is 4.34. The van der Waals surface area contributed by atoms with Crippen LogP contribution in [0.5, 0.6) is 5.75 Å². The molecule has 0 aliphatic carbocycles. The minimum absolute atomic E-state index is 0.124. The van der Waals surface area contributed by atoms with Gasteiger partial charge in [-0.1, -0.05) is 32.0 Å². The van der Waals surface area contributed by atoms with E-state index in [1.165, 1.54) is 0 Å². The summed E-state index contributed by atoms with van der Waals surface area (Å²) in [5.41, 5.74) is 1.14. The zero-order valence-electron chi connectivity index (χ0n) is 13.5. The number of carbonyl (C=O) groups is 1. The number of rotatable bonds is 4. The van der Waals surface area contributed by atoms with Crippen LogP contribution >= 0.6 is 0 Å². The fourth-order valence-corrected chi connectivity index (χ4v) is 3.09. The van der Waals surface area contributed by atoms with Crippen molar-refractivity contribution in [1.29, 1.82) is 0 Å². The van der Waals surface area contributed by atoms with E-state index >= 15 is 0 Å². The molecule has 0 bridgehead atoms. The SMILES string of the molecule is CC(C)COC1CCN(C(=O)[C@@H]2Cc3ccccc3O2)CC1. The Morgan fingerprint density at radius 3 is 2.73 bits per heavy atom. The Morgan fingerprint density at radius 1 is 1.32 bits per heavy atom. The molecule has 4 heteroatoms. The van der Waals surface area contributed by atoms with Gasteiger partial charge in [-0.3, -0.25) is 4.79 Å². The van der Waals surface area contributed by atoms with Gasteiger partial charge in [-0.2, -0.15) is 0 Å². The van der Waals surface area contributed by atoms with Gasteiger partial charge in [0.15, 0.2) is 6.10 Å². The van der Waals surface area contributed by atoms with Crippen LogP contribution in [-0.2, 0) is 16.0 Å². The number of benzene rings is 1. The molecular formula is C18H25NO3. The van der Waals surface area contributed by atoms with E-state index in [0.717, 1.165) is 43.9 Å². The molecule has 0 spiro atoms. The van der Waals surface area contributed by atoms with Gasteiger partial charge in [-0.05, 0) is 30.4 Å². The van der Waals surface area contributed by atoms with Gasteiger partial charge in [0, 0.05) is 26.1 Å². The number of amides is 1. The Kier molecular flexibility index (Phi) is 4.67.